The first-order chi connectivity index (χ1) is 7.18. The molecule has 2 aliphatic rings. The molecule has 1 heterocycles. The van der Waals surface area contributed by atoms with E-state index in [1.807, 2.05) is 0 Å². The van der Waals surface area contributed by atoms with Crippen LogP contribution in [0, 0.1) is 5.92 Å². The molecule has 0 amide bonds. The van der Waals surface area contributed by atoms with Gasteiger partial charge in [0, 0.05) is 18.6 Å². The monoisotopic (exact) mass is 211 g/mol. The second-order valence-electron chi connectivity index (χ2n) is 5.65. The van der Waals surface area contributed by atoms with E-state index in [9.17, 15) is 5.11 Å². The van der Waals surface area contributed by atoms with Gasteiger partial charge in [-0.3, -0.25) is 4.90 Å². The molecule has 1 aliphatic carbocycles. The van der Waals surface area contributed by atoms with Crippen LogP contribution in [0.4, 0.5) is 0 Å². The Bertz CT molecular complexity index is 207. The third kappa shape index (κ3) is 2.54. The molecule has 1 saturated heterocycles. The van der Waals surface area contributed by atoms with Gasteiger partial charge >= 0.3 is 0 Å². The molecular formula is C13H25NO. The van der Waals surface area contributed by atoms with E-state index < -0.39 is 0 Å². The van der Waals surface area contributed by atoms with Crippen molar-refractivity contribution in [2.24, 2.45) is 5.92 Å². The van der Waals surface area contributed by atoms with Crippen molar-refractivity contribution in [1.29, 1.82) is 0 Å². The van der Waals surface area contributed by atoms with Crippen molar-refractivity contribution in [3.63, 3.8) is 0 Å². The van der Waals surface area contributed by atoms with Gasteiger partial charge in [0.15, 0.2) is 0 Å². The van der Waals surface area contributed by atoms with Crippen molar-refractivity contribution < 1.29 is 5.11 Å². The molecule has 0 radical (unpaired) electrons. The lowest BCUT2D eigenvalue weighted by Gasteiger charge is -2.45. The highest BCUT2D eigenvalue weighted by molar-refractivity contribution is 4.88. The van der Waals surface area contributed by atoms with E-state index in [1.54, 1.807) is 0 Å². The largest absolute Gasteiger partial charge is 0.391 e. The van der Waals surface area contributed by atoms with Crippen molar-refractivity contribution in [3.8, 4) is 0 Å². The lowest BCUT2D eigenvalue weighted by molar-refractivity contribution is -0.0211. The van der Waals surface area contributed by atoms with E-state index >= 15 is 0 Å². The predicted molar refractivity (Wildman–Crippen MR) is 62.8 cm³/mol. The van der Waals surface area contributed by atoms with Crippen LogP contribution in [0.25, 0.3) is 0 Å². The molecule has 15 heavy (non-hydrogen) atoms. The molecule has 0 aromatic rings. The van der Waals surface area contributed by atoms with Gasteiger partial charge in [-0.25, -0.2) is 0 Å². The maximum atomic E-state index is 10.1. The summed E-state index contributed by atoms with van der Waals surface area (Å²) in [5.74, 6) is 0.815. The molecule has 0 aromatic carbocycles. The molecule has 0 bridgehead atoms. The van der Waals surface area contributed by atoms with Gasteiger partial charge in [-0.2, -0.15) is 0 Å². The van der Waals surface area contributed by atoms with Crippen molar-refractivity contribution in [3.05, 3.63) is 0 Å². The lowest BCUT2D eigenvalue weighted by atomic mass is 9.86. The van der Waals surface area contributed by atoms with E-state index in [2.05, 4.69) is 18.7 Å². The summed E-state index contributed by atoms with van der Waals surface area (Å²) in [6, 6.07) is 1.13. The summed E-state index contributed by atoms with van der Waals surface area (Å²) < 4.78 is 0. The van der Waals surface area contributed by atoms with Crippen molar-refractivity contribution in [1.82, 2.24) is 4.90 Å². The molecular weight excluding hydrogens is 186 g/mol. The summed E-state index contributed by atoms with van der Waals surface area (Å²) in [5, 5.41) is 10.1. The number of hydrogen-bond acceptors (Lipinski definition) is 2. The average molecular weight is 211 g/mol. The van der Waals surface area contributed by atoms with Gasteiger partial charge in [0.2, 0.25) is 0 Å². The molecule has 1 aliphatic heterocycles. The number of aliphatic hydroxyl groups excluding tert-OH is 1. The van der Waals surface area contributed by atoms with Crippen LogP contribution in [0.2, 0.25) is 0 Å². The van der Waals surface area contributed by atoms with Crippen LogP contribution >= 0.6 is 0 Å². The maximum Gasteiger partial charge on any atom is 0.0695 e. The minimum atomic E-state index is -0.0634. The Morgan fingerprint density at radius 3 is 2.47 bits per heavy atom. The second kappa shape index (κ2) is 4.84. The third-order valence-corrected chi connectivity index (χ3v) is 4.29. The SMILES string of the molecule is CC1CCC(C)N([C@H]2CCCC[C@@H]2O)C1. The van der Waals surface area contributed by atoms with Crippen molar-refractivity contribution in [2.45, 2.75) is 70.6 Å². The number of aliphatic hydroxyl groups is 1. The minimum absolute atomic E-state index is 0.0634. The van der Waals surface area contributed by atoms with Crippen LogP contribution in [-0.2, 0) is 0 Å². The van der Waals surface area contributed by atoms with E-state index in [0.717, 1.165) is 12.3 Å². The number of piperidine rings is 1. The van der Waals surface area contributed by atoms with Gasteiger partial charge < -0.3 is 5.11 Å². The standard InChI is InChI=1S/C13H25NO/c1-10-7-8-11(2)14(9-10)12-5-3-4-6-13(12)15/h10-13,15H,3-9H2,1-2H3/t10?,11?,12-,13-/m0/s1. The third-order valence-electron chi connectivity index (χ3n) is 4.29. The first-order valence-corrected chi connectivity index (χ1v) is 6.62. The topological polar surface area (TPSA) is 23.5 Å². The molecule has 2 fully saturated rings. The molecule has 1 N–H and O–H groups in total. The zero-order valence-electron chi connectivity index (χ0n) is 10.2. The molecule has 2 heteroatoms. The summed E-state index contributed by atoms with van der Waals surface area (Å²) in [5.41, 5.74) is 0. The number of rotatable bonds is 1. The molecule has 4 atom stereocenters. The molecule has 88 valence electrons. The summed E-state index contributed by atoms with van der Waals surface area (Å²) in [6.45, 7) is 5.87. The quantitative estimate of drug-likeness (QED) is 0.720. The van der Waals surface area contributed by atoms with Gasteiger partial charge in [-0.05, 0) is 38.5 Å². The summed E-state index contributed by atoms with van der Waals surface area (Å²) in [7, 11) is 0. The molecule has 2 rings (SSSR count). The molecule has 2 unspecified atom stereocenters. The lowest BCUT2D eigenvalue weighted by Crippen LogP contribution is -2.53. The fourth-order valence-corrected chi connectivity index (χ4v) is 3.26. The highest BCUT2D eigenvalue weighted by Crippen LogP contribution is 2.30. The Labute approximate surface area is 93.7 Å². The first kappa shape index (κ1) is 11.4. The van der Waals surface area contributed by atoms with E-state index in [4.69, 9.17) is 0 Å². The van der Waals surface area contributed by atoms with Gasteiger partial charge in [0.25, 0.3) is 0 Å². The number of nitrogens with zero attached hydrogens (tertiary/aromatic N) is 1. The van der Waals surface area contributed by atoms with Crippen LogP contribution in [0.5, 0.6) is 0 Å². The molecule has 0 aromatic heterocycles. The van der Waals surface area contributed by atoms with Crippen LogP contribution in [-0.4, -0.2) is 34.7 Å². The van der Waals surface area contributed by atoms with Crippen LogP contribution in [0.1, 0.15) is 52.4 Å². The predicted octanol–water partition coefficient (Wildman–Crippen LogP) is 2.41. The smallest absolute Gasteiger partial charge is 0.0695 e. The highest BCUT2D eigenvalue weighted by atomic mass is 16.3. The molecule has 2 nitrogen and oxygen atoms in total. The normalized spacial score (nSPS) is 44.2. The maximum absolute atomic E-state index is 10.1. The number of hydrogen-bond donors (Lipinski definition) is 1. The van der Waals surface area contributed by atoms with Gasteiger partial charge in [-0.1, -0.05) is 19.8 Å². The Balaban J connectivity index is 1.99. The summed E-state index contributed by atoms with van der Waals surface area (Å²) in [6.07, 6.45) is 7.35. The number of likely N-dealkylation sites (tertiary alicyclic amines) is 1. The molecule has 1 saturated carbocycles. The van der Waals surface area contributed by atoms with Gasteiger partial charge in [0.1, 0.15) is 0 Å². The van der Waals surface area contributed by atoms with Crippen molar-refractivity contribution in [2.75, 3.05) is 6.54 Å². The Morgan fingerprint density at radius 2 is 1.73 bits per heavy atom. The zero-order chi connectivity index (χ0) is 10.8. The van der Waals surface area contributed by atoms with Gasteiger partial charge in [0.05, 0.1) is 6.10 Å². The van der Waals surface area contributed by atoms with Gasteiger partial charge in [-0.15, -0.1) is 0 Å². The van der Waals surface area contributed by atoms with Crippen LogP contribution < -0.4 is 0 Å². The second-order valence-corrected chi connectivity index (χ2v) is 5.65. The Kier molecular flexibility index (Phi) is 3.68. The van der Waals surface area contributed by atoms with Crippen LogP contribution in [0.15, 0.2) is 0 Å². The fourth-order valence-electron chi connectivity index (χ4n) is 3.26. The minimum Gasteiger partial charge on any atom is -0.391 e. The summed E-state index contributed by atoms with van der Waals surface area (Å²) in [4.78, 5) is 2.58. The average Bonchev–Trinajstić information content (AvgIpc) is 2.23. The van der Waals surface area contributed by atoms with E-state index in [-0.39, 0.29) is 6.10 Å². The van der Waals surface area contributed by atoms with E-state index in [0.29, 0.717) is 12.1 Å². The van der Waals surface area contributed by atoms with E-state index in [1.165, 1.54) is 38.6 Å². The van der Waals surface area contributed by atoms with Crippen molar-refractivity contribution >= 4 is 0 Å². The fraction of sp³-hybridized carbons (Fsp3) is 1.00. The molecule has 0 spiro atoms. The first-order valence-electron chi connectivity index (χ1n) is 6.62. The Morgan fingerprint density at radius 1 is 1.00 bits per heavy atom. The highest BCUT2D eigenvalue weighted by Gasteiger charge is 2.34. The van der Waals surface area contributed by atoms with Crippen LogP contribution in [0.3, 0.4) is 0 Å². The Hall–Kier alpha value is -0.0800. The zero-order valence-corrected chi connectivity index (χ0v) is 10.2. The summed E-state index contributed by atoms with van der Waals surface area (Å²) >= 11 is 0.